The number of nitrogens with zero attached hydrogens (tertiary/aromatic N) is 1. The zero-order chi connectivity index (χ0) is 7.56. The lowest BCUT2D eigenvalue weighted by Crippen LogP contribution is -2.27. The van der Waals surface area contributed by atoms with Crippen LogP contribution in [0.5, 0.6) is 0 Å². The SMILES string of the molecule is NC1=NCCC(C(=O)O)C1. The lowest BCUT2D eigenvalue weighted by molar-refractivity contribution is -0.141. The Hall–Kier alpha value is -1.06. The van der Waals surface area contributed by atoms with E-state index in [2.05, 4.69) is 4.99 Å². The monoisotopic (exact) mass is 142 g/mol. The van der Waals surface area contributed by atoms with Crippen molar-refractivity contribution in [2.24, 2.45) is 16.6 Å². The summed E-state index contributed by atoms with van der Waals surface area (Å²) >= 11 is 0. The molecule has 0 aromatic heterocycles. The summed E-state index contributed by atoms with van der Waals surface area (Å²) in [4.78, 5) is 14.3. The van der Waals surface area contributed by atoms with Crippen molar-refractivity contribution in [3.05, 3.63) is 0 Å². The van der Waals surface area contributed by atoms with E-state index in [-0.39, 0.29) is 5.92 Å². The average Bonchev–Trinajstić information content (AvgIpc) is 1.88. The maximum Gasteiger partial charge on any atom is 0.307 e. The number of carboxylic acid groups (broad SMARTS) is 1. The molecule has 0 aromatic carbocycles. The van der Waals surface area contributed by atoms with Gasteiger partial charge in [-0.3, -0.25) is 9.79 Å². The Morgan fingerprint density at radius 2 is 2.50 bits per heavy atom. The van der Waals surface area contributed by atoms with Gasteiger partial charge in [-0.05, 0) is 6.42 Å². The molecule has 0 radical (unpaired) electrons. The van der Waals surface area contributed by atoms with Crippen LogP contribution in [-0.2, 0) is 4.79 Å². The first kappa shape index (κ1) is 7.05. The van der Waals surface area contributed by atoms with Gasteiger partial charge in [0.25, 0.3) is 0 Å². The minimum Gasteiger partial charge on any atom is -0.481 e. The molecule has 10 heavy (non-hydrogen) atoms. The van der Waals surface area contributed by atoms with E-state index in [1.54, 1.807) is 0 Å². The number of hydrogen-bond donors (Lipinski definition) is 2. The molecular weight excluding hydrogens is 132 g/mol. The maximum absolute atomic E-state index is 10.4. The van der Waals surface area contributed by atoms with Crippen molar-refractivity contribution >= 4 is 11.8 Å². The molecule has 0 amide bonds. The van der Waals surface area contributed by atoms with Crippen molar-refractivity contribution in [1.82, 2.24) is 0 Å². The van der Waals surface area contributed by atoms with E-state index in [9.17, 15) is 4.79 Å². The minimum absolute atomic E-state index is 0.308. The van der Waals surface area contributed by atoms with Gasteiger partial charge in [-0.2, -0.15) is 0 Å². The molecule has 1 aliphatic rings. The van der Waals surface area contributed by atoms with Crippen LogP contribution in [0.2, 0.25) is 0 Å². The molecular formula is C6H10N2O2. The van der Waals surface area contributed by atoms with Gasteiger partial charge < -0.3 is 10.8 Å². The predicted octanol–water partition coefficient (Wildman–Crippen LogP) is -0.162. The first-order valence-electron chi connectivity index (χ1n) is 3.21. The van der Waals surface area contributed by atoms with Crippen LogP contribution < -0.4 is 5.73 Å². The molecule has 4 nitrogen and oxygen atoms in total. The second-order valence-corrected chi connectivity index (χ2v) is 2.40. The summed E-state index contributed by atoms with van der Waals surface area (Å²) < 4.78 is 0. The van der Waals surface area contributed by atoms with E-state index >= 15 is 0 Å². The number of carbonyl (C=O) groups is 1. The van der Waals surface area contributed by atoms with Crippen LogP contribution in [0, 0.1) is 5.92 Å². The minimum atomic E-state index is -0.766. The van der Waals surface area contributed by atoms with Gasteiger partial charge in [0.2, 0.25) is 0 Å². The van der Waals surface area contributed by atoms with Crippen molar-refractivity contribution in [3.63, 3.8) is 0 Å². The Bertz CT molecular complexity index is 177. The van der Waals surface area contributed by atoms with E-state index in [4.69, 9.17) is 10.8 Å². The molecule has 1 rings (SSSR count). The molecule has 1 atom stereocenters. The van der Waals surface area contributed by atoms with E-state index in [0.717, 1.165) is 0 Å². The van der Waals surface area contributed by atoms with Gasteiger partial charge >= 0.3 is 5.97 Å². The quantitative estimate of drug-likeness (QED) is 0.534. The third kappa shape index (κ3) is 1.46. The Kier molecular flexibility index (Phi) is 1.89. The third-order valence-corrected chi connectivity index (χ3v) is 1.60. The summed E-state index contributed by atoms with van der Waals surface area (Å²) in [5.74, 6) is -0.603. The largest absolute Gasteiger partial charge is 0.481 e. The van der Waals surface area contributed by atoms with Crippen LogP contribution in [0.1, 0.15) is 12.8 Å². The Morgan fingerprint density at radius 3 is 2.90 bits per heavy atom. The average molecular weight is 142 g/mol. The van der Waals surface area contributed by atoms with Gasteiger partial charge in [0.15, 0.2) is 0 Å². The fraction of sp³-hybridized carbons (Fsp3) is 0.667. The van der Waals surface area contributed by atoms with E-state index in [0.29, 0.717) is 25.2 Å². The van der Waals surface area contributed by atoms with Gasteiger partial charge in [0.05, 0.1) is 11.8 Å². The predicted molar refractivity (Wildman–Crippen MR) is 36.8 cm³/mol. The molecule has 3 N–H and O–H groups in total. The molecule has 0 saturated carbocycles. The number of rotatable bonds is 1. The van der Waals surface area contributed by atoms with E-state index < -0.39 is 5.97 Å². The topological polar surface area (TPSA) is 75.7 Å². The van der Waals surface area contributed by atoms with Crippen LogP contribution in [0.3, 0.4) is 0 Å². The number of aliphatic carboxylic acids is 1. The highest BCUT2D eigenvalue weighted by Crippen LogP contribution is 2.13. The fourth-order valence-corrected chi connectivity index (χ4v) is 0.994. The molecule has 4 heteroatoms. The van der Waals surface area contributed by atoms with Crippen LogP contribution in [-0.4, -0.2) is 23.5 Å². The summed E-state index contributed by atoms with van der Waals surface area (Å²) in [5.41, 5.74) is 5.35. The number of nitrogens with two attached hydrogens (primary N) is 1. The second-order valence-electron chi connectivity index (χ2n) is 2.40. The van der Waals surface area contributed by atoms with Gasteiger partial charge in [0, 0.05) is 13.0 Å². The normalized spacial score (nSPS) is 25.6. The highest BCUT2D eigenvalue weighted by molar-refractivity contribution is 5.85. The van der Waals surface area contributed by atoms with Crippen molar-refractivity contribution in [2.45, 2.75) is 12.8 Å². The summed E-state index contributed by atoms with van der Waals surface area (Å²) in [5, 5.41) is 8.55. The smallest absolute Gasteiger partial charge is 0.307 e. The van der Waals surface area contributed by atoms with Crippen LogP contribution in [0.4, 0.5) is 0 Å². The third-order valence-electron chi connectivity index (χ3n) is 1.60. The zero-order valence-electron chi connectivity index (χ0n) is 5.58. The van der Waals surface area contributed by atoms with Crippen molar-refractivity contribution in [3.8, 4) is 0 Å². The summed E-state index contributed by atoms with van der Waals surface area (Å²) in [6, 6.07) is 0. The lowest BCUT2D eigenvalue weighted by Gasteiger charge is -2.14. The van der Waals surface area contributed by atoms with Gasteiger partial charge in [-0.25, -0.2) is 0 Å². The molecule has 0 fully saturated rings. The lowest BCUT2D eigenvalue weighted by atomic mass is 9.99. The van der Waals surface area contributed by atoms with E-state index in [1.165, 1.54) is 0 Å². The first-order valence-corrected chi connectivity index (χ1v) is 3.21. The summed E-state index contributed by atoms with van der Waals surface area (Å²) in [7, 11) is 0. The number of carboxylic acids is 1. The van der Waals surface area contributed by atoms with Crippen LogP contribution in [0.15, 0.2) is 4.99 Å². The molecule has 0 aromatic rings. The number of hydrogen-bond acceptors (Lipinski definition) is 3. The molecule has 0 aliphatic carbocycles. The number of amidine groups is 1. The number of aliphatic imine (C=N–C) groups is 1. The Morgan fingerprint density at radius 1 is 1.80 bits per heavy atom. The Labute approximate surface area is 58.7 Å². The molecule has 56 valence electrons. The van der Waals surface area contributed by atoms with Crippen LogP contribution in [0.25, 0.3) is 0 Å². The van der Waals surface area contributed by atoms with E-state index in [1.807, 2.05) is 0 Å². The van der Waals surface area contributed by atoms with Gasteiger partial charge in [-0.15, -0.1) is 0 Å². The standard InChI is InChI=1S/C6H10N2O2/c7-5-3-4(6(9)10)1-2-8-5/h4H,1-3H2,(H2,7,8)(H,9,10). The molecule has 0 bridgehead atoms. The molecule has 1 unspecified atom stereocenters. The molecule has 0 spiro atoms. The molecule has 0 saturated heterocycles. The summed E-state index contributed by atoms with van der Waals surface area (Å²) in [6.07, 6.45) is 1.03. The summed E-state index contributed by atoms with van der Waals surface area (Å²) in [6.45, 7) is 0.558. The zero-order valence-corrected chi connectivity index (χ0v) is 5.58. The fourth-order valence-electron chi connectivity index (χ4n) is 0.994. The Balaban J connectivity index is 2.53. The second kappa shape index (κ2) is 2.68. The highest BCUT2D eigenvalue weighted by Gasteiger charge is 2.21. The highest BCUT2D eigenvalue weighted by atomic mass is 16.4. The van der Waals surface area contributed by atoms with Crippen molar-refractivity contribution in [2.75, 3.05) is 6.54 Å². The first-order chi connectivity index (χ1) is 4.70. The van der Waals surface area contributed by atoms with Crippen LogP contribution >= 0.6 is 0 Å². The molecule has 1 aliphatic heterocycles. The maximum atomic E-state index is 10.4. The molecule has 1 heterocycles. The van der Waals surface area contributed by atoms with Gasteiger partial charge in [0.1, 0.15) is 0 Å². The van der Waals surface area contributed by atoms with Gasteiger partial charge in [-0.1, -0.05) is 0 Å². The van der Waals surface area contributed by atoms with Crippen molar-refractivity contribution in [1.29, 1.82) is 0 Å². The van der Waals surface area contributed by atoms with Crippen molar-refractivity contribution < 1.29 is 9.90 Å².